The van der Waals surface area contributed by atoms with Crippen LogP contribution in [0.4, 0.5) is 0 Å². The highest BCUT2D eigenvalue weighted by Gasteiger charge is 2.34. The van der Waals surface area contributed by atoms with Crippen molar-refractivity contribution in [2.24, 2.45) is 0 Å². The normalized spacial score (nSPS) is 22.9. The third kappa shape index (κ3) is 5.42. The number of ether oxygens (including phenoxy) is 1. The summed E-state index contributed by atoms with van der Waals surface area (Å²) in [5.74, 6) is -0.429. The molecule has 1 aromatic heterocycles. The lowest BCUT2D eigenvalue weighted by molar-refractivity contribution is -0.139. The van der Waals surface area contributed by atoms with Crippen LogP contribution >= 0.6 is 0 Å². The van der Waals surface area contributed by atoms with Gasteiger partial charge in [0.25, 0.3) is 5.91 Å². The molecule has 3 rings (SSSR count). The number of nitrogens with one attached hydrogen (secondary N) is 1. The fraction of sp³-hybridized carbons (Fsp3) is 0.650. The lowest BCUT2D eigenvalue weighted by Gasteiger charge is -2.42. The van der Waals surface area contributed by atoms with E-state index in [1.165, 1.54) is 19.3 Å². The van der Waals surface area contributed by atoms with Gasteiger partial charge in [-0.2, -0.15) is 0 Å². The molecule has 0 radical (unpaired) electrons. The molecule has 0 unspecified atom stereocenters. The Morgan fingerprint density at radius 2 is 2.04 bits per heavy atom. The molecule has 2 fully saturated rings. The molecule has 0 saturated heterocycles. The number of carbonyl (C=O) groups excluding carboxylic acids is 1. The van der Waals surface area contributed by atoms with E-state index in [0.29, 0.717) is 18.0 Å². The summed E-state index contributed by atoms with van der Waals surface area (Å²) in [5, 5.41) is 12.0. The number of carboxylic acids is 1. The number of pyridine rings is 1. The van der Waals surface area contributed by atoms with Gasteiger partial charge in [-0.3, -0.25) is 14.5 Å². The predicted octanol–water partition coefficient (Wildman–Crippen LogP) is 2.46. The largest absolute Gasteiger partial charge is 0.480 e. The second-order valence-electron chi connectivity index (χ2n) is 7.51. The standard InChI is InChI=1S/C20H29N3O4/c1-2-23(13-19(24)25)16-11-15(12-16)22-20(26)14-8-9-21-18(10-14)27-17-6-4-3-5-7-17/h8-10,15-17H,2-7,11-13H2,1H3,(H,22,26)(H,24,25). The molecule has 1 amide bonds. The number of aliphatic carboxylic acids is 1. The first-order valence-corrected chi connectivity index (χ1v) is 9.94. The van der Waals surface area contributed by atoms with Gasteiger partial charge in [0, 0.05) is 29.9 Å². The fourth-order valence-electron chi connectivity index (χ4n) is 3.91. The minimum Gasteiger partial charge on any atom is -0.480 e. The van der Waals surface area contributed by atoms with Crippen LogP contribution in [0, 0.1) is 0 Å². The number of carbonyl (C=O) groups is 2. The van der Waals surface area contributed by atoms with Crippen LogP contribution in [0.15, 0.2) is 18.3 Å². The first-order valence-electron chi connectivity index (χ1n) is 9.94. The maximum Gasteiger partial charge on any atom is 0.317 e. The molecule has 7 nitrogen and oxygen atoms in total. The summed E-state index contributed by atoms with van der Waals surface area (Å²) in [6, 6.07) is 3.71. The van der Waals surface area contributed by atoms with E-state index in [1.54, 1.807) is 18.3 Å². The molecular weight excluding hydrogens is 346 g/mol. The predicted molar refractivity (Wildman–Crippen MR) is 101 cm³/mol. The number of carboxylic acid groups (broad SMARTS) is 1. The fourth-order valence-corrected chi connectivity index (χ4v) is 3.91. The SMILES string of the molecule is CCN(CC(=O)O)C1CC(NC(=O)c2ccnc(OC3CCCCC3)c2)C1. The van der Waals surface area contributed by atoms with E-state index in [9.17, 15) is 9.59 Å². The maximum absolute atomic E-state index is 12.5. The van der Waals surface area contributed by atoms with E-state index in [1.807, 2.05) is 11.8 Å². The van der Waals surface area contributed by atoms with Gasteiger partial charge in [-0.05, 0) is 51.1 Å². The number of nitrogens with zero attached hydrogens (tertiary/aromatic N) is 2. The quantitative estimate of drug-likeness (QED) is 0.725. The first kappa shape index (κ1) is 19.6. The minimum atomic E-state index is -0.813. The number of likely N-dealkylation sites (N-methyl/N-ethyl adjacent to an activating group) is 1. The molecule has 2 N–H and O–H groups in total. The maximum atomic E-state index is 12.5. The second kappa shape index (κ2) is 9.17. The van der Waals surface area contributed by atoms with Gasteiger partial charge in [-0.25, -0.2) is 4.98 Å². The molecule has 1 heterocycles. The highest BCUT2D eigenvalue weighted by atomic mass is 16.5. The molecule has 2 aliphatic rings. The highest BCUT2D eigenvalue weighted by Crippen LogP contribution is 2.26. The van der Waals surface area contributed by atoms with Crippen molar-refractivity contribution in [1.82, 2.24) is 15.2 Å². The molecule has 1 aromatic rings. The van der Waals surface area contributed by atoms with Crippen LogP contribution in [0.1, 0.15) is 62.2 Å². The number of hydrogen-bond donors (Lipinski definition) is 2. The summed E-state index contributed by atoms with van der Waals surface area (Å²) in [7, 11) is 0. The second-order valence-corrected chi connectivity index (χ2v) is 7.51. The van der Waals surface area contributed by atoms with Crippen molar-refractivity contribution in [3.8, 4) is 5.88 Å². The van der Waals surface area contributed by atoms with Crippen LogP contribution in [-0.4, -0.2) is 58.1 Å². The Hall–Kier alpha value is -2.15. The Kier molecular flexibility index (Phi) is 6.66. The molecule has 0 spiro atoms. The van der Waals surface area contributed by atoms with Crippen LogP contribution in [-0.2, 0) is 4.79 Å². The Labute approximate surface area is 160 Å². The molecule has 0 bridgehead atoms. The summed E-state index contributed by atoms with van der Waals surface area (Å²) in [6.07, 6.45) is 9.10. The van der Waals surface area contributed by atoms with Gasteiger partial charge in [-0.15, -0.1) is 0 Å². The van der Waals surface area contributed by atoms with Gasteiger partial charge in [-0.1, -0.05) is 13.3 Å². The Bertz CT molecular complexity index is 654. The zero-order chi connectivity index (χ0) is 19.2. The van der Waals surface area contributed by atoms with Crippen molar-refractivity contribution in [3.05, 3.63) is 23.9 Å². The molecule has 0 atom stereocenters. The van der Waals surface area contributed by atoms with Crippen LogP contribution in [0.5, 0.6) is 5.88 Å². The number of amides is 1. The molecular formula is C20H29N3O4. The van der Waals surface area contributed by atoms with Crippen molar-refractivity contribution in [1.29, 1.82) is 0 Å². The molecule has 27 heavy (non-hydrogen) atoms. The molecule has 2 saturated carbocycles. The number of hydrogen-bond acceptors (Lipinski definition) is 5. The van der Waals surface area contributed by atoms with Gasteiger partial charge in [0.1, 0.15) is 6.10 Å². The van der Waals surface area contributed by atoms with E-state index in [-0.39, 0.29) is 30.6 Å². The van der Waals surface area contributed by atoms with Crippen molar-refractivity contribution in [3.63, 3.8) is 0 Å². The van der Waals surface area contributed by atoms with Crippen LogP contribution in [0.2, 0.25) is 0 Å². The summed E-state index contributed by atoms with van der Waals surface area (Å²) in [6.45, 7) is 2.71. The third-order valence-electron chi connectivity index (χ3n) is 5.55. The summed E-state index contributed by atoms with van der Waals surface area (Å²) >= 11 is 0. The molecule has 0 aliphatic heterocycles. The Morgan fingerprint density at radius 3 is 2.70 bits per heavy atom. The van der Waals surface area contributed by atoms with Crippen LogP contribution in [0.3, 0.4) is 0 Å². The van der Waals surface area contributed by atoms with E-state index in [4.69, 9.17) is 9.84 Å². The molecule has 2 aliphatic carbocycles. The summed E-state index contributed by atoms with van der Waals surface area (Å²) < 4.78 is 5.94. The molecule has 7 heteroatoms. The van der Waals surface area contributed by atoms with Crippen molar-refractivity contribution in [2.75, 3.05) is 13.1 Å². The highest BCUT2D eigenvalue weighted by molar-refractivity contribution is 5.94. The smallest absolute Gasteiger partial charge is 0.317 e. The summed E-state index contributed by atoms with van der Waals surface area (Å²) in [5.41, 5.74) is 0.553. The number of aromatic nitrogens is 1. The van der Waals surface area contributed by atoms with Gasteiger partial charge in [0.05, 0.1) is 6.54 Å². The van der Waals surface area contributed by atoms with Crippen LogP contribution in [0.25, 0.3) is 0 Å². The molecule has 0 aromatic carbocycles. The third-order valence-corrected chi connectivity index (χ3v) is 5.55. The Balaban J connectivity index is 1.49. The lowest BCUT2D eigenvalue weighted by atomic mass is 9.85. The van der Waals surface area contributed by atoms with E-state index >= 15 is 0 Å². The van der Waals surface area contributed by atoms with Gasteiger partial charge < -0.3 is 15.2 Å². The lowest BCUT2D eigenvalue weighted by Crippen LogP contribution is -2.54. The van der Waals surface area contributed by atoms with Crippen molar-refractivity contribution < 1.29 is 19.4 Å². The zero-order valence-corrected chi connectivity index (χ0v) is 15.9. The minimum absolute atomic E-state index is 0.0497. The van der Waals surface area contributed by atoms with E-state index < -0.39 is 5.97 Å². The van der Waals surface area contributed by atoms with Gasteiger partial charge >= 0.3 is 5.97 Å². The number of rotatable bonds is 8. The monoisotopic (exact) mass is 375 g/mol. The summed E-state index contributed by atoms with van der Waals surface area (Å²) in [4.78, 5) is 29.6. The van der Waals surface area contributed by atoms with E-state index in [2.05, 4.69) is 10.3 Å². The average Bonchev–Trinajstić information content (AvgIpc) is 2.63. The average molecular weight is 375 g/mol. The van der Waals surface area contributed by atoms with Crippen molar-refractivity contribution in [2.45, 2.75) is 70.1 Å². The van der Waals surface area contributed by atoms with Gasteiger partial charge in [0.2, 0.25) is 5.88 Å². The van der Waals surface area contributed by atoms with Gasteiger partial charge in [0.15, 0.2) is 0 Å². The van der Waals surface area contributed by atoms with Crippen LogP contribution < -0.4 is 10.1 Å². The van der Waals surface area contributed by atoms with E-state index in [0.717, 1.165) is 25.7 Å². The van der Waals surface area contributed by atoms with Crippen molar-refractivity contribution >= 4 is 11.9 Å². The topological polar surface area (TPSA) is 91.8 Å². The Morgan fingerprint density at radius 1 is 1.30 bits per heavy atom. The first-order chi connectivity index (χ1) is 13.0. The zero-order valence-electron chi connectivity index (χ0n) is 15.9. The molecule has 148 valence electrons.